The van der Waals surface area contributed by atoms with E-state index in [4.69, 9.17) is 0 Å². The first kappa shape index (κ1) is 18.3. The number of nitrogens with zero attached hydrogens (tertiary/aromatic N) is 1. The number of rotatable bonds is 7. The molecule has 0 aliphatic carbocycles. The van der Waals surface area contributed by atoms with E-state index in [9.17, 15) is 18.0 Å². The Labute approximate surface area is 128 Å². The largest absolute Gasteiger partial charge is 0.411 e. The molecule has 0 unspecified atom stereocenters. The van der Waals surface area contributed by atoms with Crippen LogP contribution in [0.15, 0.2) is 30.3 Å². The van der Waals surface area contributed by atoms with Gasteiger partial charge in [-0.05, 0) is 26.0 Å². The molecule has 1 aromatic rings. The third-order valence-corrected chi connectivity index (χ3v) is 3.26. The third kappa shape index (κ3) is 6.34. The van der Waals surface area contributed by atoms with Crippen molar-refractivity contribution >= 4 is 11.6 Å². The number of para-hydroxylation sites is 1. The van der Waals surface area contributed by atoms with Crippen LogP contribution in [0.1, 0.15) is 13.8 Å². The maximum atomic E-state index is 12.0. The molecule has 0 radical (unpaired) electrons. The highest BCUT2D eigenvalue weighted by Crippen LogP contribution is 2.16. The number of ether oxygens (including phenoxy) is 1. The van der Waals surface area contributed by atoms with E-state index in [0.29, 0.717) is 6.54 Å². The molecule has 0 saturated carbocycles. The van der Waals surface area contributed by atoms with Crippen LogP contribution >= 0.6 is 0 Å². The van der Waals surface area contributed by atoms with Gasteiger partial charge in [0.25, 0.3) is 0 Å². The van der Waals surface area contributed by atoms with E-state index in [-0.39, 0.29) is 6.04 Å². The molecule has 2 atom stereocenters. The van der Waals surface area contributed by atoms with Crippen molar-refractivity contribution in [3.05, 3.63) is 30.3 Å². The van der Waals surface area contributed by atoms with Crippen LogP contribution in [0.25, 0.3) is 0 Å². The predicted octanol–water partition coefficient (Wildman–Crippen LogP) is 2.59. The standard InChI is InChI=1S/C15H21F3N2O2/c1-11(20(3)13-7-5-4-6-8-13)9-19-14(21)12(2)22-10-15(16,17)18/h4-8,11-12H,9-10H2,1-3H3,(H,19,21)/t11-,12+/m0/s1. The molecule has 22 heavy (non-hydrogen) atoms. The first-order valence-electron chi connectivity index (χ1n) is 6.94. The SMILES string of the molecule is C[C@@H](OCC(F)(F)F)C(=O)NC[C@H](C)N(C)c1ccccc1. The van der Waals surface area contributed by atoms with Gasteiger partial charge in [0, 0.05) is 25.3 Å². The van der Waals surface area contributed by atoms with E-state index in [0.717, 1.165) is 5.69 Å². The highest BCUT2D eigenvalue weighted by atomic mass is 19.4. The van der Waals surface area contributed by atoms with Crippen molar-refractivity contribution in [1.29, 1.82) is 0 Å². The molecule has 1 aromatic carbocycles. The summed E-state index contributed by atoms with van der Waals surface area (Å²) >= 11 is 0. The molecular weight excluding hydrogens is 297 g/mol. The van der Waals surface area contributed by atoms with Crippen molar-refractivity contribution < 1.29 is 22.7 Å². The molecule has 0 bridgehead atoms. The number of carbonyl (C=O) groups is 1. The zero-order chi connectivity index (χ0) is 16.8. The Bertz CT molecular complexity index is 466. The highest BCUT2D eigenvalue weighted by molar-refractivity contribution is 5.80. The molecule has 1 N–H and O–H groups in total. The van der Waals surface area contributed by atoms with Gasteiger partial charge in [-0.15, -0.1) is 0 Å². The molecule has 0 fully saturated rings. The fourth-order valence-electron chi connectivity index (χ4n) is 1.74. The van der Waals surface area contributed by atoms with Gasteiger partial charge in [-0.25, -0.2) is 0 Å². The Morgan fingerprint density at radius 2 is 1.86 bits per heavy atom. The van der Waals surface area contributed by atoms with E-state index in [2.05, 4.69) is 10.1 Å². The van der Waals surface area contributed by atoms with Gasteiger partial charge in [0.15, 0.2) is 0 Å². The normalized spacial score (nSPS) is 14.3. The molecule has 0 saturated heterocycles. The van der Waals surface area contributed by atoms with Crippen molar-refractivity contribution in [2.75, 3.05) is 25.1 Å². The average molecular weight is 318 g/mol. The highest BCUT2D eigenvalue weighted by Gasteiger charge is 2.30. The van der Waals surface area contributed by atoms with E-state index in [1.165, 1.54) is 6.92 Å². The van der Waals surface area contributed by atoms with Crippen molar-refractivity contribution in [3.8, 4) is 0 Å². The van der Waals surface area contributed by atoms with Gasteiger partial charge in [0.05, 0.1) is 0 Å². The molecule has 1 rings (SSSR count). The Morgan fingerprint density at radius 3 is 2.41 bits per heavy atom. The predicted molar refractivity (Wildman–Crippen MR) is 78.8 cm³/mol. The monoisotopic (exact) mass is 318 g/mol. The molecule has 0 aromatic heterocycles. The number of likely N-dealkylation sites (N-methyl/N-ethyl adjacent to an activating group) is 1. The van der Waals surface area contributed by atoms with Crippen LogP contribution < -0.4 is 10.2 Å². The minimum atomic E-state index is -4.44. The van der Waals surface area contributed by atoms with Crippen molar-refractivity contribution in [3.63, 3.8) is 0 Å². The number of nitrogens with one attached hydrogen (secondary N) is 1. The number of hydrogen-bond donors (Lipinski definition) is 1. The summed E-state index contributed by atoms with van der Waals surface area (Å²) in [6.07, 6.45) is -5.58. The smallest absolute Gasteiger partial charge is 0.370 e. The van der Waals surface area contributed by atoms with Crippen LogP contribution in [0.4, 0.5) is 18.9 Å². The summed E-state index contributed by atoms with van der Waals surface area (Å²) in [5.74, 6) is -0.558. The topological polar surface area (TPSA) is 41.6 Å². The zero-order valence-electron chi connectivity index (χ0n) is 12.9. The zero-order valence-corrected chi connectivity index (χ0v) is 12.9. The summed E-state index contributed by atoms with van der Waals surface area (Å²) in [5, 5.41) is 2.60. The average Bonchev–Trinajstić information content (AvgIpc) is 2.49. The number of benzene rings is 1. The third-order valence-electron chi connectivity index (χ3n) is 3.26. The van der Waals surface area contributed by atoms with Crippen LogP contribution in [0.3, 0.4) is 0 Å². The summed E-state index contributed by atoms with van der Waals surface area (Å²) in [5.41, 5.74) is 0.991. The van der Waals surface area contributed by atoms with Crippen molar-refractivity contribution in [1.82, 2.24) is 5.32 Å². The van der Waals surface area contributed by atoms with Crippen LogP contribution in [0.2, 0.25) is 0 Å². The number of alkyl halides is 3. The Hall–Kier alpha value is -1.76. The van der Waals surface area contributed by atoms with Gasteiger partial charge in [0.1, 0.15) is 12.7 Å². The second kappa shape index (κ2) is 8.03. The fourth-order valence-corrected chi connectivity index (χ4v) is 1.74. The quantitative estimate of drug-likeness (QED) is 0.840. The molecule has 0 spiro atoms. The minimum Gasteiger partial charge on any atom is -0.370 e. The lowest BCUT2D eigenvalue weighted by Gasteiger charge is -2.27. The van der Waals surface area contributed by atoms with E-state index in [1.807, 2.05) is 49.2 Å². The number of carbonyl (C=O) groups excluding carboxylic acids is 1. The number of anilines is 1. The molecular formula is C15H21F3N2O2. The van der Waals surface area contributed by atoms with Gasteiger partial charge in [-0.3, -0.25) is 4.79 Å². The second-order valence-electron chi connectivity index (χ2n) is 5.11. The Balaban J connectivity index is 2.40. The Morgan fingerprint density at radius 1 is 1.27 bits per heavy atom. The van der Waals surface area contributed by atoms with Crippen molar-refractivity contribution in [2.24, 2.45) is 0 Å². The summed E-state index contributed by atoms with van der Waals surface area (Å²) in [4.78, 5) is 13.7. The summed E-state index contributed by atoms with van der Waals surface area (Å²) in [7, 11) is 1.88. The first-order chi connectivity index (χ1) is 10.2. The van der Waals surface area contributed by atoms with E-state index in [1.54, 1.807) is 0 Å². The van der Waals surface area contributed by atoms with Crippen LogP contribution in [-0.2, 0) is 9.53 Å². The van der Waals surface area contributed by atoms with Crippen LogP contribution in [0, 0.1) is 0 Å². The number of hydrogen-bond acceptors (Lipinski definition) is 3. The molecule has 0 aliphatic heterocycles. The van der Waals surface area contributed by atoms with Gasteiger partial charge < -0.3 is 15.0 Å². The maximum Gasteiger partial charge on any atom is 0.411 e. The first-order valence-corrected chi connectivity index (χ1v) is 6.94. The molecule has 0 heterocycles. The van der Waals surface area contributed by atoms with Crippen molar-refractivity contribution in [2.45, 2.75) is 32.2 Å². The Kier molecular flexibility index (Phi) is 6.67. The molecule has 4 nitrogen and oxygen atoms in total. The molecule has 124 valence electrons. The van der Waals surface area contributed by atoms with Crippen LogP contribution in [-0.4, -0.2) is 44.4 Å². The summed E-state index contributed by atoms with van der Waals surface area (Å²) in [6, 6.07) is 9.58. The van der Waals surface area contributed by atoms with E-state index >= 15 is 0 Å². The summed E-state index contributed by atoms with van der Waals surface area (Å²) in [6.45, 7) is 2.09. The molecule has 1 amide bonds. The van der Waals surface area contributed by atoms with Crippen LogP contribution in [0.5, 0.6) is 0 Å². The van der Waals surface area contributed by atoms with Gasteiger partial charge in [-0.1, -0.05) is 18.2 Å². The van der Waals surface area contributed by atoms with Gasteiger partial charge in [-0.2, -0.15) is 13.2 Å². The maximum absolute atomic E-state index is 12.0. The van der Waals surface area contributed by atoms with E-state index < -0.39 is 24.8 Å². The lowest BCUT2D eigenvalue weighted by atomic mass is 10.2. The lowest BCUT2D eigenvalue weighted by Crippen LogP contribution is -2.44. The molecule has 7 heteroatoms. The number of amides is 1. The van der Waals surface area contributed by atoms with Gasteiger partial charge >= 0.3 is 6.18 Å². The molecule has 0 aliphatic rings. The summed E-state index contributed by atoms with van der Waals surface area (Å²) < 4.78 is 40.6. The number of halogens is 3. The minimum absolute atomic E-state index is 0.0128. The second-order valence-corrected chi connectivity index (χ2v) is 5.11. The fraction of sp³-hybridized carbons (Fsp3) is 0.533. The van der Waals surface area contributed by atoms with Gasteiger partial charge in [0.2, 0.25) is 5.91 Å². The lowest BCUT2D eigenvalue weighted by molar-refractivity contribution is -0.185.